The van der Waals surface area contributed by atoms with Gasteiger partial charge in [0.05, 0.1) is 13.2 Å². The Hall–Kier alpha value is -2.87. The first-order valence-corrected chi connectivity index (χ1v) is 15.0. The van der Waals surface area contributed by atoms with Gasteiger partial charge >= 0.3 is 12.0 Å². The van der Waals surface area contributed by atoms with E-state index in [-0.39, 0.29) is 46.4 Å². The number of carboxylic acid groups (broad SMARTS) is 1. The molecule has 0 bridgehead atoms. The molecule has 1 aliphatic heterocycles. The third kappa shape index (κ3) is 3.71. The number of aliphatic carboxylic acids is 1. The second kappa shape index (κ2) is 8.59. The van der Waals surface area contributed by atoms with Gasteiger partial charge in [-0.05, 0) is 98.2 Å². The second-order valence-electron chi connectivity index (χ2n) is 15.1. The SMILES string of the molecule is CC1=C(O)C(=O)C=C2C1=CC=C1[C@@]2(C)CC[C@@]2(C)[C@@H]3C[C@](C)(NC(=O)NC4(C(=O)O)COC4)CC[C@]3(C)CC[C@]12C. The summed E-state index contributed by atoms with van der Waals surface area (Å²) in [5, 5.41) is 25.9. The first-order valence-electron chi connectivity index (χ1n) is 15.0. The third-order valence-electron chi connectivity index (χ3n) is 12.7. The highest BCUT2D eigenvalue weighted by Crippen LogP contribution is 2.75. The molecule has 3 saturated carbocycles. The fraction of sp³-hybridized carbons (Fsp3) is 0.667. The molecule has 2 amide bonds. The molecule has 222 valence electrons. The number of carboxylic acids is 1. The number of fused-ring (bicyclic) bond motifs is 7. The maximum absolute atomic E-state index is 13.1. The molecule has 0 radical (unpaired) electrons. The van der Waals surface area contributed by atoms with Crippen LogP contribution < -0.4 is 10.6 Å². The van der Waals surface area contributed by atoms with Gasteiger partial charge in [-0.2, -0.15) is 0 Å². The average Bonchev–Trinajstić information content (AvgIpc) is 2.88. The van der Waals surface area contributed by atoms with Crippen molar-refractivity contribution in [2.45, 2.75) is 97.6 Å². The van der Waals surface area contributed by atoms with E-state index in [0.29, 0.717) is 11.5 Å². The monoisotopic (exact) mass is 564 g/mol. The van der Waals surface area contributed by atoms with Gasteiger partial charge < -0.3 is 25.6 Å². The molecule has 41 heavy (non-hydrogen) atoms. The Kier molecular flexibility index (Phi) is 5.92. The maximum atomic E-state index is 13.1. The van der Waals surface area contributed by atoms with E-state index in [1.54, 1.807) is 6.08 Å². The smallest absolute Gasteiger partial charge is 0.334 e. The zero-order valence-electron chi connectivity index (χ0n) is 25.2. The summed E-state index contributed by atoms with van der Waals surface area (Å²) in [5.41, 5.74) is 1.94. The van der Waals surface area contributed by atoms with Crippen LogP contribution in [0.3, 0.4) is 0 Å². The van der Waals surface area contributed by atoms with Crippen molar-refractivity contribution in [2.75, 3.05) is 13.2 Å². The number of nitrogens with one attached hydrogen (secondary N) is 2. The standard InChI is InChI=1S/C33H44N2O6/c1-19-20-7-8-23-30(4,21(20)15-22(36)25(19)37)12-14-32(6)24-16-29(3,11-9-28(24,2)10-13-31(23,32)5)34-27(40)35-33(26(38)39)17-41-18-33/h7-8,15,24,37H,9-14,16-18H2,1-6H3,(H,38,39)(H2,34,35,40)/t24-,28-,29-,30+,31-,32+/m1/s1. The molecule has 6 rings (SSSR count). The van der Waals surface area contributed by atoms with Crippen molar-refractivity contribution < 1.29 is 29.3 Å². The zero-order chi connectivity index (χ0) is 29.8. The van der Waals surface area contributed by atoms with E-state index < -0.39 is 23.1 Å². The maximum Gasteiger partial charge on any atom is 0.334 e. The van der Waals surface area contributed by atoms with Crippen LogP contribution in [-0.2, 0) is 14.3 Å². The van der Waals surface area contributed by atoms with E-state index in [0.717, 1.165) is 56.1 Å². The minimum atomic E-state index is -1.35. The van der Waals surface area contributed by atoms with Crippen molar-refractivity contribution >= 4 is 17.8 Å². The molecule has 6 atom stereocenters. The van der Waals surface area contributed by atoms with Crippen LogP contribution >= 0.6 is 0 Å². The molecule has 0 unspecified atom stereocenters. The van der Waals surface area contributed by atoms with Crippen LogP contribution in [0.15, 0.2) is 46.3 Å². The Morgan fingerprint density at radius 1 is 0.951 bits per heavy atom. The molecular formula is C33H44N2O6. The number of hydrogen-bond acceptors (Lipinski definition) is 5. The number of urea groups is 1. The molecule has 8 heteroatoms. The van der Waals surface area contributed by atoms with Gasteiger partial charge in [-0.3, -0.25) is 4.79 Å². The number of hydrogen-bond donors (Lipinski definition) is 4. The van der Waals surface area contributed by atoms with Crippen LogP contribution in [0, 0.1) is 27.6 Å². The number of allylic oxidation sites excluding steroid dienone is 7. The highest BCUT2D eigenvalue weighted by molar-refractivity contribution is 6.06. The predicted octanol–water partition coefficient (Wildman–Crippen LogP) is 5.52. The van der Waals surface area contributed by atoms with Gasteiger partial charge in [0.15, 0.2) is 11.3 Å². The van der Waals surface area contributed by atoms with Crippen molar-refractivity contribution in [1.29, 1.82) is 0 Å². The van der Waals surface area contributed by atoms with Gasteiger partial charge in [-0.1, -0.05) is 45.4 Å². The average molecular weight is 565 g/mol. The summed E-state index contributed by atoms with van der Waals surface area (Å²) in [6.45, 7) is 13.5. The summed E-state index contributed by atoms with van der Waals surface area (Å²) in [5.74, 6) is -1.19. The van der Waals surface area contributed by atoms with Crippen LogP contribution in [0.5, 0.6) is 0 Å². The Balaban J connectivity index is 1.32. The van der Waals surface area contributed by atoms with Crippen LogP contribution in [0.1, 0.15) is 86.5 Å². The lowest BCUT2D eigenvalue weighted by atomic mass is 9.35. The van der Waals surface area contributed by atoms with E-state index in [2.05, 4.69) is 57.4 Å². The molecule has 0 aromatic rings. The van der Waals surface area contributed by atoms with Gasteiger partial charge in [-0.15, -0.1) is 0 Å². The van der Waals surface area contributed by atoms with E-state index in [4.69, 9.17) is 4.74 Å². The van der Waals surface area contributed by atoms with Gasteiger partial charge in [0, 0.05) is 16.5 Å². The lowest BCUT2D eigenvalue weighted by Crippen LogP contribution is -2.70. The van der Waals surface area contributed by atoms with Gasteiger partial charge in [-0.25, -0.2) is 9.59 Å². The normalized spacial score (nSPS) is 42.6. The molecule has 0 aromatic carbocycles. The zero-order valence-corrected chi connectivity index (χ0v) is 25.2. The number of aliphatic hydroxyl groups excluding tert-OH is 1. The van der Waals surface area contributed by atoms with E-state index in [1.165, 1.54) is 5.57 Å². The van der Waals surface area contributed by atoms with Gasteiger partial charge in [0.1, 0.15) is 0 Å². The van der Waals surface area contributed by atoms with E-state index in [9.17, 15) is 24.6 Å². The molecule has 0 aromatic heterocycles. The largest absolute Gasteiger partial charge is 0.504 e. The van der Waals surface area contributed by atoms with E-state index >= 15 is 0 Å². The quantitative estimate of drug-likeness (QED) is 0.358. The lowest BCUT2D eigenvalue weighted by molar-refractivity contribution is -0.164. The molecule has 6 aliphatic rings. The minimum absolute atomic E-state index is 0.0232. The molecular weight excluding hydrogens is 520 g/mol. The van der Waals surface area contributed by atoms with Crippen molar-refractivity contribution in [1.82, 2.24) is 10.6 Å². The summed E-state index contributed by atoms with van der Waals surface area (Å²) in [7, 11) is 0. The Labute approximate surface area is 242 Å². The van der Waals surface area contributed by atoms with Crippen LogP contribution in [0.2, 0.25) is 0 Å². The Morgan fingerprint density at radius 3 is 2.27 bits per heavy atom. The highest BCUT2D eigenvalue weighted by Gasteiger charge is 2.67. The number of carbonyl (C=O) groups is 3. The fourth-order valence-corrected chi connectivity index (χ4v) is 9.65. The number of ketones is 1. The number of aliphatic hydroxyl groups is 1. The lowest BCUT2D eigenvalue weighted by Gasteiger charge is -2.70. The highest BCUT2D eigenvalue weighted by atomic mass is 16.5. The van der Waals surface area contributed by atoms with Crippen molar-refractivity contribution in [3.8, 4) is 0 Å². The Bertz CT molecular complexity index is 1390. The summed E-state index contributed by atoms with van der Waals surface area (Å²) in [4.78, 5) is 37.6. The summed E-state index contributed by atoms with van der Waals surface area (Å²) >= 11 is 0. The first-order chi connectivity index (χ1) is 19.0. The first kappa shape index (κ1) is 28.3. The second-order valence-corrected chi connectivity index (χ2v) is 15.1. The number of ether oxygens (including phenoxy) is 1. The molecule has 4 fully saturated rings. The van der Waals surface area contributed by atoms with Crippen LogP contribution in [0.4, 0.5) is 4.79 Å². The van der Waals surface area contributed by atoms with Gasteiger partial charge in [0.25, 0.3) is 0 Å². The van der Waals surface area contributed by atoms with Crippen LogP contribution in [0.25, 0.3) is 0 Å². The molecule has 1 saturated heterocycles. The van der Waals surface area contributed by atoms with Crippen molar-refractivity contribution in [2.24, 2.45) is 27.6 Å². The predicted molar refractivity (Wildman–Crippen MR) is 154 cm³/mol. The number of amides is 2. The Morgan fingerprint density at radius 2 is 1.63 bits per heavy atom. The minimum Gasteiger partial charge on any atom is -0.504 e. The topological polar surface area (TPSA) is 125 Å². The fourth-order valence-electron chi connectivity index (χ4n) is 9.65. The molecule has 1 heterocycles. The molecule has 5 aliphatic carbocycles. The van der Waals surface area contributed by atoms with E-state index in [1.807, 2.05) is 6.92 Å². The van der Waals surface area contributed by atoms with Crippen molar-refractivity contribution in [3.63, 3.8) is 0 Å². The van der Waals surface area contributed by atoms with Crippen molar-refractivity contribution in [3.05, 3.63) is 46.3 Å². The molecule has 0 spiro atoms. The summed E-state index contributed by atoms with van der Waals surface area (Å²) in [6, 6.07) is -0.449. The number of rotatable bonds is 3. The molecule has 4 N–H and O–H groups in total. The summed E-state index contributed by atoms with van der Waals surface area (Å²) in [6.07, 6.45) is 12.8. The number of carbonyl (C=O) groups excluding carboxylic acids is 2. The van der Waals surface area contributed by atoms with Crippen LogP contribution in [-0.4, -0.2) is 52.3 Å². The third-order valence-corrected chi connectivity index (χ3v) is 12.7. The summed E-state index contributed by atoms with van der Waals surface area (Å²) < 4.78 is 5.11. The van der Waals surface area contributed by atoms with Gasteiger partial charge in [0.2, 0.25) is 5.78 Å². The molecule has 8 nitrogen and oxygen atoms in total.